The quantitative estimate of drug-likeness (QED) is 0.297. The average molecular weight is 569 g/mol. The fourth-order valence-electron chi connectivity index (χ4n) is 4.60. The van der Waals surface area contributed by atoms with Crippen molar-refractivity contribution in [2.75, 3.05) is 11.9 Å². The minimum absolute atomic E-state index is 0.215. The van der Waals surface area contributed by atoms with Gasteiger partial charge in [-0.2, -0.15) is 0 Å². The van der Waals surface area contributed by atoms with Crippen molar-refractivity contribution < 1.29 is 14.7 Å². The minimum Gasteiger partial charge on any atom is -0.390 e. The Hall–Kier alpha value is -4.41. The summed E-state index contributed by atoms with van der Waals surface area (Å²) >= 11 is 1.37. The maximum absolute atomic E-state index is 13.5. The molecule has 0 radical (unpaired) electrons. The number of fused-ring (bicyclic) bond motifs is 1. The van der Waals surface area contributed by atoms with Crippen molar-refractivity contribution in [3.63, 3.8) is 0 Å². The predicted molar refractivity (Wildman–Crippen MR) is 161 cm³/mol. The van der Waals surface area contributed by atoms with E-state index in [2.05, 4.69) is 44.4 Å². The lowest BCUT2D eigenvalue weighted by Gasteiger charge is -2.29. The van der Waals surface area contributed by atoms with Gasteiger partial charge in [0.25, 0.3) is 5.91 Å². The van der Waals surface area contributed by atoms with Crippen molar-refractivity contribution in [1.29, 1.82) is 0 Å². The Morgan fingerprint density at radius 1 is 1.15 bits per heavy atom. The summed E-state index contributed by atoms with van der Waals surface area (Å²) < 4.78 is 0. The molecular weight excluding hydrogens is 536 g/mol. The Bertz CT molecular complexity index is 1710. The van der Waals surface area contributed by atoms with E-state index in [4.69, 9.17) is 5.73 Å². The molecule has 3 aromatic heterocycles. The molecule has 0 saturated carbocycles. The summed E-state index contributed by atoms with van der Waals surface area (Å²) in [5, 5.41) is 17.7. The molecule has 1 aromatic carbocycles. The van der Waals surface area contributed by atoms with Gasteiger partial charge in [0.05, 0.1) is 11.2 Å². The highest BCUT2D eigenvalue weighted by Gasteiger charge is 2.20. The van der Waals surface area contributed by atoms with Gasteiger partial charge in [0, 0.05) is 71.3 Å². The van der Waals surface area contributed by atoms with Crippen LogP contribution in [0.1, 0.15) is 54.5 Å². The van der Waals surface area contributed by atoms with E-state index in [9.17, 15) is 14.7 Å². The third-order valence-electron chi connectivity index (χ3n) is 6.98. The molecule has 9 nitrogen and oxygen atoms in total. The number of pyridine rings is 2. The van der Waals surface area contributed by atoms with Crippen LogP contribution in [0.2, 0.25) is 0 Å². The van der Waals surface area contributed by atoms with Crippen LogP contribution in [0.5, 0.6) is 0 Å². The molecule has 0 bridgehead atoms. The number of nitrogens with zero attached hydrogens (tertiary/aromatic N) is 4. The number of hydrogen-bond donors (Lipinski definition) is 3. The summed E-state index contributed by atoms with van der Waals surface area (Å²) in [6.07, 6.45) is 12.1. The Morgan fingerprint density at radius 3 is 2.68 bits per heavy atom. The number of anilines is 1. The van der Waals surface area contributed by atoms with Crippen LogP contribution in [0.4, 0.5) is 5.69 Å². The van der Waals surface area contributed by atoms with E-state index < -0.39 is 11.5 Å². The van der Waals surface area contributed by atoms with E-state index in [-0.39, 0.29) is 23.2 Å². The minimum atomic E-state index is -0.782. The lowest BCUT2D eigenvalue weighted by Crippen LogP contribution is -2.34. The maximum Gasteiger partial charge on any atom is 0.275 e. The predicted octanol–water partition coefficient (Wildman–Crippen LogP) is 3.39. The molecular formula is C31H32N6O3S. The first kappa shape index (κ1) is 28.1. The summed E-state index contributed by atoms with van der Waals surface area (Å²) in [5.74, 6) is -0.942. The zero-order valence-corrected chi connectivity index (χ0v) is 24.0. The Kier molecular flexibility index (Phi) is 7.96. The van der Waals surface area contributed by atoms with Gasteiger partial charge in [0.2, 0.25) is 5.91 Å². The number of primary amides is 1. The van der Waals surface area contributed by atoms with Crippen LogP contribution < -0.4 is 21.5 Å². The lowest BCUT2D eigenvalue weighted by atomic mass is 10.0. The highest BCUT2D eigenvalue weighted by atomic mass is 32.1. The number of rotatable bonds is 8. The first-order chi connectivity index (χ1) is 19.6. The van der Waals surface area contributed by atoms with Gasteiger partial charge in [-0.3, -0.25) is 19.6 Å². The number of carbonyl (C=O) groups excluding carboxylic acids is 2. The van der Waals surface area contributed by atoms with Crippen molar-refractivity contribution >= 4 is 41.1 Å². The average Bonchev–Trinajstić information content (AvgIpc) is 3.39. The van der Waals surface area contributed by atoms with Crippen molar-refractivity contribution in [2.45, 2.75) is 45.3 Å². The maximum atomic E-state index is 13.5. The van der Waals surface area contributed by atoms with Gasteiger partial charge < -0.3 is 21.1 Å². The van der Waals surface area contributed by atoms with E-state index in [0.29, 0.717) is 34.8 Å². The van der Waals surface area contributed by atoms with Gasteiger partial charge in [-0.15, -0.1) is 11.3 Å². The molecule has 10 heteroatoms. The summed E-state index contributed by atoms with van der Waals surface area (Å²) in [4.78, 5) is 40.5. The summed E-state index contributed by atoms with van der Waals surface area (Å²) in [5.41, 5.74) is 8.06. The number of aromatic nitrogens is 3. The molecule has 210 valence electrons. The van der Waals surface area contributed by atoms with Gasteiger partial charge in [-0.1, -0.05) is 6.08 Å². The molecule has 0 aliphatic carbocycles. The van der Waals surface area contributed by atoms with E-state index in [1.54, 1.807) is 30.0 Å². The summed E-state index contributed by atoms with van der Waals surface area (Å²) in [7, 11) is 0. The van der Waals surface area contributed by atoms with Crippen LogP contribution in [0.15, 0.2) is 60.5 Å². The molecule has 4 N–H and O–H groups in total. The number of benzene rings is 1. The molecule has 4 aromatic rings. The summed E-state index contributed by atoms with van der Waals surface area (Å²) in [6.45, 7) is 6.45. The van der Waals surface area contributed by atoms with E-state index >= 15 is 0 Å². The van der Waals surface area contributed by atoms with Gasteiger partial charge in [0.1, 0.15) is 10.7 Å². The van der Waals surface area contributed by atoms with Crippen molar-refractivity contribution in [3.8, 4) is 21.7 Å². The van der Waals surface area contributed by atoms with Gasteiger partial charge >= 0.3 is 0 Å². The Morgan fingerprint density at radius 2 is 1.95 bits per heavy atom. The van der Waals surface area contributed by atoms with Gasteiger partial charge in [-0.25, -0.2) is 4.98 Å². The van der Waals surface area contributed by atoms with Crippen LogP contribution in [0, 0.1) is 0 Å². The Balaban J connectivity index is 1.57. The second-order valence-electron chi connectivity index (χ2n) is 10.8. The number of thiazole rings is 1. The molecule has 5 rings (SSSR count). The number of nitrogens with two attached hydrogens (primary N) is 1. The largest absolute Gasteiger partial charge is 0.390 e. The van der Waals surface area contributed by atoms with E-state index in [0.717, 1.165) is 22.4 Å². The van der Waals surface area contributed by atoms with Gasteiger partial charge in [0.15, 0.2) is 0 Å². The number of carbonyl (C=O) groups is 2. The molecule has 0 fully saturated rings. The molecule has 1 unspecified atom stereocenters. The SMILES string of the molecule is CC1CC=c2cc(-c3cncc(C(N)=O)c3)c(NC(=O)c3csc(-c4cccnc4)n3)cc2=CN1CCC(C)(C)O. The van der Waals surface area contributed by atoms with Crippen LogP contribution in [-0.4, -0.2) is 55.0 Å². The van der Waals surface area contributed by atoms with Crippen molar-refractivity contribution in [2.24, 2.45) is 5.73 Å². The van der Waals surface area contributed by atoms with Crippen molar-refractivity contribution in [3.05, 3.63) is 82.2 Å². The first-order valence-corrected chi connectivity index (χ1v) is 14.2. The fraction of sp³-hybridized carbons (Fsp3) is 0.258. The second-order valence-corrected chi connectivity index (χ2v) is 11.7. The molecule has 1 aliphatic rings. The van der Waals surface area contributed by atoms with E-state index in [1.165, 1.54) is 17.5 Å². The van der Waals surface area contributed by atoms with Gasteiger partial charge in [-0.05, 0) is 74.4 Å². The molecule has 1 atom stereocenters. The highest BCUT2D eigenvalue weighted by Crippen LogP contribution is 2.28. The van der Waals surface area contributed by atoms with Crippen LogP contribution in [0.25, 0.3) is 34.0 Å². The first-order valence-electron chi connectivity index (χ1n) is 13.3. The topological polar surface area (TPSA) is 134 Å². The normalized spacial score (nSPS) is 14.8. The van der Waals surface area contributed by atoms with Crippen LogP contribution in [-0.2, 0) is 0 Å². The standard InChI is InChI=1S/C31H32N6O3S/c1-19-6-7-20-12-25(22-11-23(28(32)38)16-34-15-22)26(13-24(20)17-37(19)10-8-31(2,3)40)35-29(39)27-18-41-30(36-27)21-5-4-9-33-14-21/h4-5,7,9,11-19,40H,6,8,10H2,1-3H3,(H2,32,38)(H,35,39). The molecule has 4 heterocycles. The summed E-state index contributed by atoms with van der Waals surface area (Å²) in [6, 6.07) is 9.54. The monoisotopic (exact) mass is 568 g/mol. The zero-order chi connectivity index (χ0) is 29.1. The molecule has 2 amide bonds. The molecule has 41 heavy (non-hydrogen) atoms. The zero-order valence-electron chi connectivity index (χ0n) is 23.2. The Labute approximate surface area is 242 Å². The number of aliphatic hydroxyl groups is 1. The van der Waals surface area contributed by atoms with Crippen LogP contribution in [0.3, 0.4) is 0 Å². The lowest BCUT2D eigenvalue weighted by molar-refractivity contribution is 0.0617. The number of nitrogens with one attached hydrogen (secondary N) is 1. The molecule has 1 aliphatic heterocycles. The van der Waals surface area contributed by atoms with Crippen LogP contribution >= 0.6 is 11.3 Å². The highest BCUT2D eigenvalue weighted by molar-refractivity contribution is 7.13. The molecule has 0 saturated heterocycles. The third kappa shape index (κ3) is 6.67. The van der Waals surface area contributed by atoms with E-state index in [1.807, 2.05) is 38.1 Å². The smallest absolute Gasteiger partial charge is 0.275 e. The molecule has 0 spiro atoms. The van der Waals surface area contributed by atoms with Crippen molar-refractivity contribution in [1.82, 2.24) is 19.9 Å². The second kappa shape index (κ2) is 11.6. The fourth-order valence-corrected chi connectivity index (χ4v) is 5.39. The third-order valence-corrected chi connectivity index (χ3v) is 7.87. The number of amides is 2. The number of hydrogen-bond acceptors (Lipinski definition) is 8.